The Morgan fingerprint density at radius 3 is 2.40 bits per heavy atom. The molecule has 3 rings (SSSR count). The fourth-order valence-electron chi connectivity index (χ4n) is 3.41. The maximum Gasteiger partial charge on any atom is 0.159 e. The van der Waals surface area contributed by atoms with Gasteiger partial charge in [-0.1, -0.05) is 17.7 Å². The molecule has 1 aliphatic rings. The number of rotatable bonds is 5. The third-order valence-corrected chi connectivity index (χ3v) is 5.11. The number of halogens is 3. The van der Waals surface area contributed by atoms with Gasteiger partial charge >= 0.3 is 0 Å². The molecule has 2 nitrogen and oxygen atoms in total. The summed E-state index contributed by atoms with van der Waals surface area (Å²) < 4.78 is 26.3. The van der Waals surface area contributed by atoms with E-state index in [0.717, 1.165) is 36.5 Å². The number of aryl methyl sites for hydroxylation is 1. The van der Waals surface area contributed by atoms with Gasteiger partial charge in [0.1, 0.15) is 0 Å². The molecule has 132 valence electrons. The predicted octanol–water partition coefficient (Wildman–Crippen LogP) is 5.91. The van der Waals surface area contributed by atoms with Gasteiger partial charge in [0.15, 0.2) is 17.5 Å². The van der Waals surface area contributed by atoms with E-state index in [9.17, 15) is 8.78 Å². The third-order valence-electron chi connectivity index (χ3n) is 4.96. The van der Waals surface area contributed by atoms with Gasteiger partial charge in [-0.15, -0.1) is 0 Å². The quantitative estimate of drug-likeness (QED) is 0.660. The largest absolute Gasteiger partial charge is 0.236 e. The van der Waals surface area contributed by atoms with Crippen LogP contribution in [0.2, 0.25) is 0 Å². The standard InChI is InChI=1S/C20H21ClF2N2/c21-10-9-15-3-1-14(2-4-15)5-6-16-12-24-20(25-13-16)17-7-8-18(22)19(23)11-17/h7-15H,1-6H2/b10-9+. The second-order valence-corrected chi connectivity index (χ2v) is 6.93. The van der Waals surface area contributed by atoms with Gasteiger partial charge in [0.2, 0.25) is 0 Å². The second-order valence-electron chi connectivity index (χ2n) is 6.68. The predicted molar refractivity (Wildman–Crippen MR) is 96.1 cm³/mol. The highest BCUT2D eigenvalue weighted by Crippen LogP contribution is 2.32. The lowest BCUT2D eigenvalue weighted by Gasteiger charge is -2.26. The summed E-state index contributed by atoms with van der Waals surface area (Å²) in [5, 5.41) is 0. The molecule has 0 atom stereocenters. The minimum atomic E-state index is -0.884. The average Bonchev–Trinajstić information content (AvgIpc) is 2.64. The molecule has 0 spiro atoms. The first-order chi connectivity index (χ1) is 12.2. The van der Waals surface area contributed by atoms with Crippen molar-refractivity contribution in [2.75, 3.05) is 0 Å². The first kappa shape index (κ1) is 18.0. The molecule has 5 heteroatoms. The van der Waals surface area contributed by atoms with Crippen molar-refractivity contribution in [1.82, 2.24) is 9.97 Å². The average molecular weight is 363 g/mol. The van der Waals surface area contributed by atoms with Crippen LogP contribution in [0.3, 0.4) is 0 Å². The Bertz CT molecular complexity index is 723. The molecule has 0 N–H and O–H groups in total. The molecule has 0 unspecified atom stereocenters. The zero-order valence-corrected chi connectivity index (χ0v) is 14.7. The Balaban J connectivity index is 1.54. The Morgan fingerprint density at radius 1 is 1.04 bits per heavy atom. The summed E-state index contributed by atoms with van der Waals surface area (Å²) >= 11 is 5.65. The van der Waals surface area contributed by atoms with Crippen molar-refractivity contribution < 1.29 is 8.78 Å². The molecule has 1 fully saturated rings. The molecule has 1 aliphatic carbocycles. The zero-order valence-electron chi connectivity index (χ0n) is 14.0. The van der Waals surface area contributed by atoms with Crippen LogP contribution < -0.4 is 0 Å². The van der Waals surface area contributed by atoms with Crippen molar-refractivity contribution in [3.05, 3.63) is 59.4 Å². The topological polar surface area (TPSA) is 25.8 Å². The number of nitrogens with zero attached hydrogens (tertiary/aromatic N) is 2. The van der Waals surface area contributed by atoms with Crippen LogP contribution >= 0.6 is 11.6 Å². The van der Waals surface area contributed by atoms with E-state index in [2.05, 4.69) is 16.0 Å². The highest BCUT2D eigenvalue weighted by molar-refractivity contribution is 6.25. The summed E-state index contributed by atoms with van der Waals surface area (Å²) in [4.78, 5) is 8.59. The van der Waals surface area contributed by atoms with E-state index >= 15 is 0 Å². The third kappa shape index (κ3) is 4.85. The summed E-state index contributed by atoms with van der Waals surface area (Å²) in [5.74, 6) is 0.0377. The van der Waals surface area contributed by atoms with Crippen LogP contribution in [-0.2, 0) is 6.42 Å². The highest BCUT2D eigenvalue weighted by Gasteiger charge is 2.19. The minimum absolute atomic E-state index is 0.413. The second kappa shape index (κ2) is 8.52. The maximum absolute atomic E-state index is 13.3. The summed E-state index contributed by atoms with van der Waals surface area (Å²) in [6.07, 6.45) is 12.6. The number of hydrogen-bond donors (Lipinski definition) is 0. The molecule has 0 saturated heterocycles. The van der Waals surface area contributed by atoms with E-state index in [4.69, 9.17) is 11.6 Å². The van der Waals surface area contributed by atoms with Crippen molar-refractivity contribution in [2.24, 2.45) is 11.8 Å². The molecule has 0 radical (unpaired) electrons. The van der Waals surface area contributed by atoms with Crippen molar-refractivity contribution in [1.29, 1.82) is 0 Å². The van der Waals surface area contributed by atoms with Gasteiger partial charge in [0.05, 0.1) is 0 Å². The number of hydrogen-bond acceptors (Lipinski definition) is 2. The molecular formula is C20H21ClF2N2. The minimum Gasteiger partial charge on any atom is -0.236 e. The Kier molecular flexibility index (Phi) is 6.14. The van der Waals surface area contributed by atoms with Crippen LogP contribution in [0.5, 0.6) is 0 Å². The summed E-state index contributed by atoms with van der Waals surface area (Å²) in [6, 6.07) is 3.71. The molecule has 1 aromatic heterocycles. The number of allylic oxidation sites excluding steroid dienone is 1. The van der Waals surface area contributed by atoms with Crippen molar-refractivity contribution >= 4 is 11.6 Å². The van der Waals surface area contributed by atoms with Gasteiger partial charge in [0.25, 0.3) is 0 Å². The highest BCUT2D eigenvalue weighted by atomic mass is 35.5. The van der Waals surface area contributed by atoms with Crippen LogP contribution in [0, 0.1) is 23.5 Å². The Hall–Kier alpha value is -1.81. The van der Waals surface area contributed by atoms with Gasteiger partial charge in [-0.05, 0) is 74.1 Å². The lowest BCUT2D eigenvalue weighted by atomic mass is 9.80. The van der Waals surface area contributed by atoms with E-state index in [-0.39, 0.29) is 0 Å². The fraction of sp³-hybridized carbons (Fsp3) is 0.400. The molecule has 0 bridgehead atoms. The number of benzene rings is 1. The first-order valence-electron chi connectivity index (χ1n) is 8.69. The molecule has 0 aliphatic heterocycles. The SMILES string of the molecule is Fc1ccc(-c2ncc(CCC3CCC(/C=C/Cl)CC3)cn2)cc1F. The lowest BCUT2D eigenvalue weighted by molar-refractivity contribution is 0.296. The Labute approximate surface area is 152 Å². The van der Waals surface area contributed by atoms with Crippen molar-refractivity contribution in [2.45, 2.75) is 38.5 Å². The van der Waals surface area contributed by atoms with Gasteiger partial charge in [-0.3, -0.25) is 0 Å². The van der Waals surface area contributed by atoms with E-state index in [0.29, 0.717) is 17.3 Å². The van der Waals surface area contributed by atoms with E-state index in [1.165, 1.54) is 31.7 Å². The summed E-state index contributed by atoms with van der Waals surface area (Å²) in [5.41, 5.74) is 3.20. The van der Waals surface area contributed by atoms with Crippen LogP contribution in [0.1, 0.15) is 37.7 Å². The van der Waals surface area contributed by atoms with Crippen LogP contribution in [-0.4, -0.2) is 9.97 Å². The van der Waals surface area contributed by atoms with Gasteiger partial charge in [0, 0.05) is 23.5 Å². The Morgan fingerprint density at radius 2 is 1.76 bits per heavy atom. The fourth-order valence-corrected chi connectivity index (χ4v) is 3.62. The molecule has 0 amide bonds. The molecular weight excluding hydrogens is 342 g/mol. The van der Waals surface area contributed by atoms with E-state index in [1.54, 1.807) is 17.9 Å². The summed E-state index contributed by atoms with van der Waals surface area (Å²) in [7, 11) is 0. The lowest BCUT2D eigenvalue weighted by Crippen LogP contribution is -2.13. The molecule has 1 saturated carbocycles. The number of aromatic nitrogens is 2. The molecule has 25 heavy (non-hydrogen) atoms. The molecule has 1 aromatic carbocycles. The molecule has 2 aromatic rings. The van der Waals surface area contributed by atoms with Crippen LogP contribution in [0.25, 0.3) is 11.4 Å². The summed E-state index contributed by atoms with van der Waals surface area (Å²) in [6.45, 7) is 0. The van der Waals surface area contributed by atoms with Gasteiger partial charge in [-0.2, -0.15) is 0 Å². The van der Waals surface area contributed by atoms with Crippen LogP contribution in [0.4, 0.5) is 8.78 Å². The monoisotopic (exact) mass is 362 g/mol. The smallest absolute Gasteiger partial charge is 0.159 e. The zero-order chi connectivity index (χ0) is 17.6. The van der Waals surface area contributed by atoms with Crippen molar-refractivity contribution in [3.8, 4) is 11.4 Å². The normalized spacial score (nSPS) is 20.9. The first-order valence-corrected chi connectivity index (χ1v) is 9.12. The van der Waals surface area contributed by atoms with Crippen molar-refractivity contribution in [3.63, 3.8) is 0 Å². The molecule has 1 heterocycles. The maximum atomic E-state index is 13.3. The van der Waals surface area contributed by atoms with E-state index < -0.39 is 11.6 Å². The van der Waals surface area contributed by atoms with Gasteiger partial charge in [-0.25, -0.2) is 18.7 Å². The van der Waals surface area contributed by atoms with Gasteiger partial charge < -0.3 is 0 Å². The van der Waals surface area contributed by atoms with Crippen LogP contribution in [0.15, 0.2) is 42.2 Å². The van der Waals surface area contributed by atoms with E-state index in [1.807, 2.05) is 0 Å².